The van der Waals surface area contributed by atoms with Crippen LogP contribution in [0.2, 0.25) is 0 Å². The highest BCUT2D eigenvalue weighted by Crippen LogP contribution is 2.42. The van der Waals surface area contributed by atoms with Crippen LogP contribution in [0.1, 0.15) is 0 Å². The molecule has 0 atom stereocenters. The topological polar surface area (TPSA) is 0 Å². The van der Waals surface area contributed by atoms with Crippen molar-refractivity contribution >= 4 is 64.6 Å². The molecule has 166 valence electrons. The summed E-state index contributed by atoms with van der Waals surface area (Å²) in [7, 11) is 0. The monoisotopic (exact) mass is 454 g/mol. The van der Waals surface area contributed by atoms with Crippen LogP contribution < -0.4 is 0 Å². The lowest BCUT2D eigenvalue weighted by atomic mass is 9.88. The van der Waals surface area contributed by atoms with Crippen molar-refractivity contribution in [1.82, 2.24) is 0 Å². The van der Waals surface area contributed by atoms with Crippen LogP contribution in [0, 0.1) is 0 Å². The molecule has 0 heterocycles. The highest BCUT2D eigenvalue weighted by atomic mass is 14.2. The van der Waals surface area contributed by atoms with Crippen LogP contribution in [-0.4, -0.2) is 0 Å². The number of hydrogen-bond acceptors (Lipinski definition) is 0. The van der Waals surface area contributed by atoms with E-state index < -0.39 is 0 Å². The minimum absolute atomic E-state index is 1.26. The zero-order chi connectivity index (χ0) is 23.6. The molecule has 0 N–H and O–H groups in total. The molecule has 0 aromatic heterocycles. The molecule has 0 amide bonds. The minimum Gasteiger partial charge on any atom is -0.0616 e. The summed E-state index contributed by atoms with van der Waals surface area (Å²) in [5.41, 5.74) is 2.54. The number of hydrogen-bond donors (Lipinski definition) is 0. The lowest BCUT2D eigenvalue weighted by Gasteiger charge is -2.16. The van der Waals surface area contributed by atoms with Crippen molar-refractivity contribution in [2.24, 2.45) is 0 Å². The maximum absolute atomic E-state index is 2.41. The smallest absolute Gasteiger partial charge is 0.00204 e. The van der Waals surface area contributed by atoms with E-state index in [9.17, 15) is 0 Å². The zero-order valence-electron chi connectivity index (χ0n) is 19.7. The standard InChI is InChI=1S/C36H22/c1-2-12-27-25(10-1)26-11-4-6-16-31(26)35-22-23(20-21-32(27)35)24-18-9-19-34-30-14-5-3-13-28(30)29-15-7-8-17-33(29)36(24)34/h1-22H. The third-order valence-electron chi connectivity index (χ3n) is 7.82. The van der Waals surface area contributed by atoms with E-state index in [1.807, 2.05) is 0 Å². The Balaban J connectivity index is 1.54. The third-order valence-corrected chi connectivity index (χ3v) is 7.82. The van der Waals surface area contributed by atoms with Crippen LogP contribution in [0.3, 0.4) is 0 Å². The predicted octanol–water partition coefficient (Wildman–Crippen LogP) is 10.3. The molecule has 0 saturated carbocycles. The molecule has 8 rings (SSSR count). The second-order valence-corrected chi connectivity index (χ2v) is 9.67. The Morgan fingerprint density at radius 3 is 1.11 bits per heavy atom. The highest BCUT2D eigenvalue weighted by Gasteiger charge is 2.14. The van der Waals surface area contributed by atoms with Crippen molar-refractivity contribution < 1.29 is 0 Å². The van der Waals surface area contributed by atoms with Gasteiger partial charge in [-0.25, -0.2) is 0 Å². The molecule has 0 heteroatoms. The van der Waals surface area contributed by atoms with Gasteiger partial charge in [0.15, 0.2) is 0 Å². The number of fused-ring (bicyclic) bond motifs is 12. The highest BCUT2D eigenvalue weighted by molar-refractivity contribution is 6.29. The Kier molecular flexibility index (Phi) is 4.03. The first-order valence-corrected chi connectivity index (χ1v) is 12.5. The zero-order valence-corrected chi connectivity index (χ0v) is 19.7. The normalized spacial score (nSPS) is 11.9. The molecule has 0 fully saturated rings. The average Bonchev–Trinajstić information content (AvgIpc) is 2.97. The van der Waals surface area contributed by atoms with Crippen molar-refractivity contribution in [3.8, 4) is 11.1 Å². The molecule has 0 radical (unpaired) electrons. The predicted molar refractivity (Wildman–Crippen MR) is 157 cm³/mol. The molecule has 8 aromatic rings. The van der Waals surface area contributed by atoms with E-state index in [1.165, 1.54) is 75.8 Å². The summed E-state index contributed by atoms with van der Waals surface area (Å²) in [5, 5.41) is 15.8. The van der Waals surface area contributed by atoms with E-state index in [2.05, 4.69) is 133 Å². The Morgan fingerprint density at radius 1 is 0.250 bits per heavy atom. The number of benzene rings is 8. The fourth-order valence-electron chi connectivity index (χ4n) is 6.27. The quantitative estimate of drug-likeness (QED) is 0.216. The van der Waals surface area contributed by atoms with Crippen LogP contribution in [0.25, 0.3) is 75.8 Å². The van der Waals surface area contributed by atoms with E-state index in [-0.39, 0.29) is 0 Å². The van der Waals surface area contributed by atoms with Gasteiger partial charge in [-0.2, -0.15) is 0 Å². The largest absolute Gasteiger partial charge is 0.0616 e. The van der Waals surface area contributed by atoms with Crippen molar-refractivity contribution in [1.29, 1.82) is 0 Å². The molecular formula is C36H22. The lowest BCUT2D eigenvalue weighted by molar-refractivity contribution is 1.71. The Bertz CT molecular complexity index is 2070. The molecule has 0 aliphatic heterocycles. The second-order valence-electron chi connectivity index (χ2n) is 9.67. The second kappa shape index (κ2) is 7.41. The minimum atomic E-state index is 1.26. The summed E-state index contributed by atoms with van der Waals surface area (Å²) in [5.74, 6) is 0. The van der Waals surface area contributed by atoms with Gasteiger partial charge < -0.3 is 0 Å². The van der Waals surface area contributed by atoms with Gasteiger partial charge in [0.2, 0.25) is 0 Å². The van der Waals surface area contributed by atoms with Gasteiger partial charge in [0.05, 0.1) is 0 Å². The molecule has 0 bridgehead atoms. The molecule has 0 unspecified atom stereocenters. The van der Waals surface area contributed by atoms with Crippen LogP contribution in [0.4, 0.5) is 0 Å². The summed E-state index contributed by atoms with van der Waals surface area (Å²) in [4.78, 5) is 0. The van der Waals surface area contributed by atoms with Crippen molar-refractivity contribution in [2.45, 2.75) is 0 Å². The summed E-state index contributed by atoms with van der Waals surface area (Å²) in [6.45, 7) is 0. The summed E-state index contributed by atoms with van der Waals surface area (Å²) >= 11 is 0. The van der Waals surface area contributed by atoms with Gasteiger partial charge in [-0.3, -0.25) is 0 Å². The Hall–Kier alpha value is -4.68. The summed E-state index contributed by atoms with van der Waals surface area (Å²) in [6.07, 6.45) is 0. The number of rotatable bonds is 1. The van der Waals surface area contributed by atoms with Gasteiger partial charge in [0, 0.05) is 0 Å². The Morgan fingerprint density at radius 2 is 0.611 bits per heavy atom. The van der Waals surface area contributed by atoms with Crippen LogP contribution >= 0.6 is 0 Å². The van der Waals surface area contributed by atoms with E-state index in [0.717, 1.165) is 0 Å². The van der Waals surface area contributed by atoms with E-state index in [0.29, 0.717) is 0 Å². The first-order chi connectivity index (χ1) is 17.9. The Labute approximate surface area is 209 Å². The van der Waals surface area contributed by atoms with Gasteiger partial charge >= 0.3 is 0 Å². The molecule has 0 saturated heterocycles. The molecule has 0 spiro atoms. The summed E-state index contributed by atoms with van der Waals surface area (Å²) < 4.78 is 0. The molecule has 8 aromatic carbocycles. The van der Waals surface area contributed by atoms with Crippen molar-refractivity contribution in [3.63, 3.8) is 0 Å². The van der Waals surface area contributed by atoms with Crippen molar-refractivity contribution in [3.05, 3.63) is 133 Å². The molecule has 0 aliphatic rings. The fourth-order valence-corrected chi connectivity index (χ4v) is 6.27. The maximum atomic E-state index is 2.41. The first kappa shape index (κ1) is 19.6. The van der Waals surface area contributed by atoms with E-state index >= 15 is 0 Å². The molecule has 36 heavy (non-hydrogen) atoms. The van der Waals surface area contributed by atoms with Gasteiger partial charge in [0.25, 0.3) is 0 Å². The molecule has 0 nitrogen and oxygen atoms in total. The summed E-state index contributed by atoms with van der Waals surface area (Å²) in [6, 6.07) is 49.0. The fraction of sp³-hybridized carbons (Fsp3) is 0. The van der Waals surface area contributed by atoms with Gasteiger partial charge in [0.1, 0.15) is 0 Å². The SMILES string of the molecule is c1ccc2c(c1)c1ccccc1c1cc(-c3cccc4c5ccccc5c5ccccc5c34)ccc21. The first-order valence-electron chi connectivity index (χ1n) is 12.5. The van der Waals surface area contributed by atoms with Gasteiger partial charge in [-0.1, -0.05) is 127 Å². The third kappa shape index (κ3) is 2.64. The lowest BCUT2D eigenvalue weighted by Crippen LogP contribution is -1.88. The van der Waals surface area contributed by atoms with Crippen molar-refractivity contribution in [2.75, 3.05) is 0 Å². The van der Waals surface area contributed by atoms with E-state index in [1.54, 1.807) is 0 Å². The molecule has 0 aliphatic carbocycles. The molecular weight excluding hydrogens is 432 g/mol. The van der Waals surface area contributed by atoms with Crippen LogP contribution in [0.5, 0.6) is 0 Å². The van der Waals surface area contributed by atoms with E-state index in [4.69, 9.17) is 0 Å². The van der Waals surface area contributed by atoms with Gasteiger partial charge in [-0.05, 0) is 81.8 Å². The average molecular weight is 455 g/mol. The van der Waals surface area contributed by atoms with Crippen LogP contribution in [0.15, 0.2) is 133 Å². The maximum Gasteiger partial charge on any atom is -0.00204 e. The van der Waals surface area contributed by atoms with Gasteiger partial charge in [-0.15, -0.1) is 0 Å². The van der Waals surface area contributed by atoms with Crippen LogP contribution in [-0.2, 0) is 0 Å².